The van der Waals surface area contributed by atoms with Crippen LogP contribution in [0.15, 0.2) is 242 Å². The summed E-state index contributed by atoms with van der Waals surface area (Å²) in [5.41, 5.74) is 12.4. The maximum atomic E-state index is 10.1. The van der Waals surface area contributed by atoms with Gasteiger partial charge in [0.2, 0.25) is 0 Å². The van der Waals surface area contributed by atoms with Crippen LogP contribution in [0.5, 0.6) is 0 Å². The Morgan fingerprint density at radius 3 is 1.52 bits per heavy atom. The Bertz CT molecular complexity index is 3940. The number of fused-ring (bicyclic) bond motifs is 6. The Morgan fingerprint density at radius 1 is 0.290 bits per heavy atom. The van der Waals surface area contributed by atoms with E-state index in [1.165, 1.54) is 0 Å². The van der Waals surface area contributed by atoms with Crippen molar-refractivity contribution in [3.8, 4) is 67.0 Å². The van der Waals surface area contributed by atoms with Crippen molar-refractivity contribution in [2.75, 3.05) is 0 Å². The van der Waals surface area contributed by atoms with Crippen molar-refractivity contribution in [3.63, 3.8) is 0 Å². The van der Waals surface area contributed by atoms with E-state index in [4.69, 9.17) is 2.74 Å². The minimum Gasteiger partial charge on any atom is -0.309 e. The van der Waals surface area contributed by atoms with Crippen LogP contribution in [-0.2, 0) is 0 Å². The van der Waals surface area contributed by atoms with Gasteiger partial charge in [0.1, 0.15) is 0 Å². The van der Waals surface area contributed by atoms with Gasteiger partial charge in [0.25, 0.3) is 0 Å². The molecule has 12 aromatic rings. The quantitative estimate of drug-likeness (QED) is 0.152. The molecule has 2 heteroatoms. The van der Waals surface area contributed by atoms with Gasteiger partial charge in [-0.05, 0) is 111 Å². The van der Waals surface area contributed by atoms with Gasteiger partial charge in [-0.2, -0.15) is 0 Å². The Morgan fingerprint density at radius 2 is 0.855 bits per heavy atom. The molecule has 0 atom stereocenters. The van der Waals surface area contributed by atoms with Gasteiger partial charge in [0.05, 0.1) is 31.7 Å². The summed E-state index contributed by atoms with van der Waals surface area (Å²) in [5, 5.41) is 2.19. The van der Waals surface area contributed by atoms with E-state index in [9.17, 15) is 6.85 Å². The van der Waals surface area contributed by atoms with Crippen LogP contribution in [0.3, 0.4) is 0 Å². The average molecular weight is 796 g/mol. The molecule has 0 unspecified atom stereocenters. The molecule has 0 radical (unpaired) electrons. The molecule has 0 bridgehead atoms. The molecule has 0 amide bonds. The summed E-state index contributed by atoms with van der Waals surface area (Å²) in [7, 11) is 0. The van der Waals surface area contributed by atoms with E-state index in [-0.39, 0.29) is 57.6 Å². The zero-order chi connectivity index (χ0) is 47.1. The first-order chi connectivity index (χ1) is 33.7. The summed E-state index contributed by atoms with van der Waals surface area (Å²) in [4.78, 5) is 0. The van der Waals surface area contributed by atoms with E-state index >= 15 is 0 Å². The van der Waals surface area contributed by atoms with Crippen molar-refractivity contribution in [2.24, 2.45) is 0 Å². The normalized spacial score (nSPS) is 13.1. The molecule has 12 rings (SSSR count). The summed E-state index contributed by atoms with van der Waals surface area (Å²) < 4.78 is 70.2. The van der Waals surface area contributed by atoms with Crippen molar-refractivity contribution >= 4 is 43.6 Å². The molecule has 62 heavy (non-hydrogen) atoms. The molecule has 2 heterocycles. The van der Waals surface area contributed by atoms with Crippen LogP contribution in [-0.4, -0.2) is 9.13 Å². The number of hydrogen-bond donors (Lipinski definition) is 0. The predicted molar refractivity (Wildman–Crippen MR) is 262 cm³/mol. The first kappa shape index (κ1) is 29.1. The summed E-state index contributed by atoms with van der Waals surface area (Å²) in [6, 6.07) is 65.2. The van der Waals surface area contributed by atoms with Gasteiger partial charge < -0.3 is 9.13 Å². The van der Waals surface area contributed by atoms with Crippen molar-refractivity contribution in [1.82, 2.24) is 9.13 Å². The molecule has 0 saturated carbocycles. The van der Waals surface area contributed by atoms with E-state index in [1.54, 1.807) is 4.57 Å². The predicted octanol–water partition coefficient (Wildman–Crippen LogP) is 16.2. The molecule has 0 saturated heterocycles. The molecule has 0 aliphatic rings. The van der Waals surface area contributed by atoms with Gasteiger partial charge in [-0.1, -0.05) is 182 Å². The highest BCUT2D eigenvalue weighted by molar-refractivity contribution is 6.15. The second kappa shape index (κ2) is 14.8. The van der Waals surface area contributed by atoms with Crippen LogP contribution in [0.4, 0.5) is 0 Å². The fraction of sp³-hybridized carbons (Fsp3) is 0. The Hall–Kier alpha value is -8.20. The lowest BCUT2D eigenvalue weighted by molar-refractivity contribution is 1.18. The number of nitrogens with zero attached hydrogens (tertiary/aromatic N) is 2. The molecule has 10 aromatic carbocycles. The van der Waals surface area contributed by atoms with Crippen LogP contribution in [0.2, 0.25) is 0 Å². The van der Waals surface area contributed by atoms with E-state index < -0.39 is 12.1 Å². The van der Waals surface area contributed by atoms with Gasteiger partial charge in [-0.3, -0.25) is 0 Å². The Kier molecular flexibility index (Phi) is 6.95. The van der Waals surface area contributed by atoms with Gasteiger partial charge in [-0.25, -0.2) is 0 Å². The fourth-order valence-corrected chi connectivity index (χ4v) is 9.03. The van der Waals surface area contributed by atoms with Crippen LogP contribution >= 0.6 is 0 Å². The average Bonchev–Trinajstić information content (AvgIpc) is 3.94. The molecule has 0 aliphatic heterocycles. The monoisotopic (exact) mass is 795 g/mol. The molecule has 2 aromatic heterocycles. The largest absolute Gasteiger partial charge is 0.309 e. The van der Waals surface area contributed by atoms with Crippen molar-refractivity contribution < 1.29 is 9.60 Å². The number of para-hydroxylation sites is 2. The van der Waals surface area contributed by atoms with Crippen LogP contribution in [0.1, 0.15) is 9.60 Å². The van der Waals surface area contributed by atoms with E-state index in [0.29, 0.717) is 11.3 Å². The smallest absolute Gasteiger partial charge is 0.0645 e. The van der Waals surface area contributed by atoms with Gasteiger partial charge in [-0.15, -0.1) is 0 Å². The van der Waals surface area contributed by atoms with E-state index in [1.807, 2.05) is 127 Å². The van der Waals surface area contributed by atoms with Crippen molar-refractivity contribution in [3.05, 3.63) is 242 Å². The highest BCUT2D eigenvalue weighted by atomic mass is 15.0. The molecule has 0 aliphatic carbocycles. The number of benzene rings is 10. The van der Waals surface area contributed by atoms with Crippen LogP contribution < -0.4 is 0 Å². The first-order valence-electron chi connectivity index (χ1n) is 24.3. The van der Waals surface area contributed by atoms with Gasteiger partial charge >= 0.3 is 0 Å². The first-order valence-corrected chi connectivity index (χ1v) is 20.8. The van der Waals surface area contributed by atoms with Crippen LogP contribution in [0, 0.1) is 0 Å². The third-order valence-electron chi connectivity index (χ3n) is 11.9. The topological polar surface area (TPSA) is 9.86 Å². The van der Waals surface area contributed by atoms with Gasteiger partial charge in [0.15, 0.2) is 0 Å². The lowest BCUT2D eigenvalue weighted by atomic mass is 9.98. The summed E-state index contributed by atoms with van der Waals surface area (Å²) in [6.45, 7) is 0. The third-order valence-corrected chi connectivity index (χ3v) is 11.9. The standard InChI is InChI=1S/C60H40N2/c1-5-16-41(17-6-1)44-28-32-50(33-29-44)62-59-35-31-47(40-56(59)54-26-15-25-52(60(54)62)45-22-11-4-12-23-45)46-30-34-58-55(39-46)53-24-13-14-27-57(53)61(58)51-37-48(42-18-7-2-8-19-42)36-49(38-51)43-20-9-3-10-21-43/h1-40H/i13D,14D,24D,27D,30D,34D,39D. The SMILES string of the molecule is [2H]c1c([2H])c([2H])c2c(c1[2H])c1c([2H])c(-c3ccc4c(c3)c3cccc(-c5ccccc5)c3n4-c3ccc(-c4ccccc4)cc3)c([2H])c([2H])c1n2-c1cc(-c2ccccc2)cc(-c2ccccc2)c1. The van der Waals surface area contributed by atoms with Crippen molar-refractivity contribution in [2.45, 2.75) is 0 Å². The maximum Gasteiger partial charge on any atom is 0.0645 e. The molecule has 0 N–H and O–H groups in total. The number of rotatable bonds is 7. The molecular formula is C60H40N2. The molecule has 0 fully saturated rings. The molecular weight excluding hydrogens is 749 g/mol. The minimum atomic E-state index is -0.433. The highest BCUT2D eigenvalue weighted by Crippen LogP contribution is 2.42. The van der Waals surface area contributed by atoms with Gasteiger partial charge in [0, 0.05) is 38.5 Å². The Labute approximate surface area is 370 Å². The maximum absolute atomic E-state index is 10.1. The molecule has 290 valence electrons. The summed E-state index contributed by atoms with van der Waals surface area (Å²) in [5.74, 6) is 0. The number of hydrogen-bond acceptors (Lipinski definition) is 0. The zero-order valence-electron chi connectivity index (χ0n) is 40.4. The minimum absolute atomic E-state index is 0.0909. The Balaban J connectivity index is 1.13. The molecule has 0 spiro atoms. The second-order valence-corrected chi connectivity index (χ2v) is 15.6. The summed E-state index contributed by atoms with van der Waals surface area (Å²) >= 11 is 0. The number of aromatic nitrogens is 2. The zero-order valence-corrected chi connectivity index (χ0v) is 33.4. The third kappa shape index (κ3) is 6.04. The van der Waals surface area contributed by atoms with Crippen molar-refractivity contribution in [1.29, 1.82) is 0 Å². The van der Waals surface area contributed by atoms with E-state index in [0.717, 1.165) is 72.0 Å². The lowest BCUT2D eigenvalue weighted by Crippen LogP contribution is -1.96. The van der Waals surface area contributed by atoms with E-state index in [2.05, 4.69) is 77.4 Å². The molecule has 2 nitrogen and oxygen atoms in total. The highest BCUT2D eigenvalue weighted by Gasteiger charge is 2.19. The van der Waals surface area contributed by atoms with Crippen LogP contribution in [0.25, 0.3) is 111 Å². The summed E-state index contributed by atoms with van der Waals surface area (Å²) in [6.07, 6.45) is 0. The lowest BCUT2D eigenvalue weighted by Gasteiger charge is -2.14. The second-order valence-electron chi connectivity index (χ2n) is 15.6. The fourth-order valence-electron chi connectivity index (χ4n) is 9.03.